The quantitative estimate of drug-likeness (QED) is 0.715. The first-order chi connectivity index (χ1) is 14.8. The Morgan fingerprint density at radius 1 is 1.10 bits per heavy atom. The van der Waals surface area contributed by atoms with Crippen LogP contribution < -0.4 is 9.80 Å². The smallest absolute Gasteiger partial charge is 0.414 e. The number of rotatable bonds is 3. The highest BCUT2D eigenvalue weighted by Crippen LogP contribution is 2.36. The largest absolute Gasteiger partial charge is 0.444 e. The summed E-state index contributed by atoms with van der Waals surface area (Å²) in [7, 11) is 0. The minimum absolute atomic E-state index is 0.266. The van der Waals surface area contributed by atoms with Gasteiger partial charge in [-0.25, -0.2) is 9.59 Å². The molecule has 0 radical (unpaired) electrons. The van der Waals surface area contributed by atoms with Crippen molar-refractivity contribution >= 4 is 23.6 Å². The fourth-order valence-electron chi connectivity index (χ4n) is 4.14. The number of cyclic esters (lactones) is 1. The average molecular weight is 426 g/mol. The van der Waals surface area contributed by atoms with Gasteiger partial charge >= 0.3 is 12.2 Å². The van der Waals surface area contributed by atoms with E-state index in [9.17, 15) is 9.59 Å². The molecule has 1 fully saturated rings. The summed E-state index contributed by atoms with van der Waals surface area (Å²) in [5.41, 5.74) is 3.62. The molecule has 2 amide bonds. The van der Waals surface area contributed by atoms with E-state index < -0.39 is 5.60 Å². The van der Waals surface area contributed by atoms with Gasteiger partial charge in [-0.05, 0) is 51.3 Å². The molecule has 2 aliphatic heterocycles. The van der Waals surface area contributed by atoms with Gasteiger partial charge in [-0.15, -0.1) is 0 Å². The second-order valence-corrected chi connectivity index (χ2v) is 9.13. The summed E-state index contributed by atoms with van der Waals surface area (Å²) < 4.78 is 11.0. The molecular weight excluding hydrogens is 394 g/mol. The van der Waals surface area contributed by atoms with Crippen LogP contribution in [-0.2, 0) is 16.1 Å². The predicted octanol–water partition coefficient (Wildman–Crippen LogP) is 4.48. The van der Waals surface area contributed by atoms with E-state index in [-0.39, 0.29) is 18.8 Å². The zero-order valence-electron chi connectivity index (χ0n) is 18.6. The van der Waals surface area contributed by atoms with Crippen LogP contribution in [0.25, 0.3) is 0 Å². The number of carbonyl (C=O) groups is 2. The van der Waals surface area contributed by atoms with Gasteiger partial charge in [-0.2, -0.15) is 0 Å². The van der Waals surface area contributed by atoms with Crippen molar-refractivity contribution in [3.05, 3.63) is 47.6 Å². The van der Waals surface area contributed by atoms with Gasteiger partial charge in [-0.3, -0.25) is 4.90 Å². The lowest BCUT2D eigenvalue weighted by molar-refractivity contribution is 0.0240. The fourth-order valence-corrected chi connectivity index (χ4v) is 4.14. The summed E-state index contributed by atoms with van der Waals surface area (Å²) in [6, 6.07) is 6.05. The van der Waals surface area contributed by atoms with E-state index in [1.807, 2.05) is 32.9 Å². The number of fused-ring (bicyclic) bond motifs is 1. The second-order valence-electron chi connectivity index (χ2n) is 9.13. The normalized spacial score (nSPS) is 19.0. The number of benzene rings is 1. The van der Waals surface area contributed by atoms with Gasteiger partial charge in [0.2, 0.25) is 0 Å². The maximum absolute atomic E-state index is 12.5. The van der Waals surface area contributed by atoms with E-state index in [0.29, 0.717) is 32.7 Å². The molecule has 1 aromatic rings. The van der Waals surface area contributed by atoms with Crippen LogP contribution in [0.3, 0.4) is 0 Å². The third-order valence-corrected chi connectivity index (χ3v) is 5.66. The maximum atomic E-state index is 12.5. The standard InChI is InChI=1S/C24H31N3O4/c1-24(2,3)31-22(28)26-14-12-25(13-15-26)20-10-7-11-21-19(20)17-30-23(29)27(21)16-18-8-5-4-6-9-18/h5,7-11H,4,6,12-17H2,1-3H3. The van der Waals surface area contributed by atoms with Crippen molar-refractivity contribution in [3.63, 3.8) is 0 Å². The zero-order chi connectivity index (χ0) is 22.0. The Morgan fingerprint density at radius 2 is 1.84 bits per heavy atom. The molecule has 0 saturated carbocycles. The molecule has 0 aromatic heterocycles. The molecule has 0 N–H and O–H groups in total. The van der Waals surface area contributed by atoms with Crippen LogP contribution in [0.1, 0.15) is 39.2 Å². The molecule has 1 aromatic carbocycles. The topological polar surface area (TPSA) is 62.3 Å². The molecule has 4 rings (SSSR count). The van der Waals surface area contributed by atoms with Crippen molar-refractivity contribution in [1.82, 2.24) is 4.90 Å². The Balaban J connectivity index is 1.49. The van der Waals surface area contributed by atoms with Crippen LogP contribution >= 0.6 is 0 Å². The Labute approximate surface area is 183 Å². The van der Waals surface area contributed by atoms with E-state index in [1.54, 1.807) is 9.80 Å². The average Bonchev–Trinajstić information content (AvgIpc) is 2.75. The van der Waals surface area contributed by atoms with Crippen LogP contribution in [0.5, 0.6) is 0 Å². The van der Waals surface area contributed by atoms with Crippen LogP contribution in [0.2, 0.25) is 0 Å². The number of nitrogens with zero attached hydrogens (tertiary/aromatic N) is 3. The molecule has 1 aliphatic carbocycles. The third kappa shape index (κ3) is 4.86. The molecule has 0 unspecified atom stereocenters. The van der Waals surface area contributed by atoms with Gasteiger partial charge in [0, 0.05) is 37.4 Å². The van der Waals surface area contributed by atoms with Crippen molar-refractivity contribution in [2.45, 2.75) is 45.8 Å². The van der Waals surface area contributed by atoms with Crippen LogP contribution in [0.15, 0.2) is 42.0 Å². The first-order valence-corrected chi connectivity index (χ1v) is 11.0. The highest BCUT2D eigenvalue weighted by Gasteiger charge is 2.31. The zero-order valence-corrected chi connectivity index (χ0v) is 18.6. The lowest BCUT2D eigenvalue weighted by atomic mass is 10.0. The SMILES string of the molecule is CC(C)(C)OC(=O)N1CCN(c2cccc3c2COC(=O)N3CC2=CCCC=C2)CC1. The van der Waals surface area contributed by atoms with E-state index in [4.69, 9.17) is 9.47 Å². The minimum Gasteiger partial charge on any atom is -0.444 e. The summed E-state index contributed by atoms with van der Waals surface area (Å²) in [6.45, 7) is 9.02. The molecule has 0 bridgehead atoms. The van der Waals surface area contributed by atoms with Crippen molar-refractivity contribution in [2.75, 3.05) is 42.5 Å². The van der Waals surface area contributed by atoms with E-state index in [0.717, 1.165) is 35.4 Å². The van der Waals surface area contributed by atoms with Crippen molar-refractivity contribution in [1.29, 1.82) is 0 Å². The fraction of sp³-hybridized carbons (Fsp3) is 0.500. The highest BCUT2D eigenvalue weighted by molar-refractivity contribution is 5.92. The molecule has 0 spiro atoms. The molecule has 31 heavy (non-hydrogen) atoms. The van der Waals surface area contributed by atoms with Crippen LogP contribution in [0, 0.1) is 0 Å². The molecule has 7 nitrogen and oxygen atoms in total. The van der Waals surface area contributed by atoms with Crippen LogP contribution in [-0.4, -0.2) is 55.4 Å². The number of allylic oxidation sites excluding steroid dienone is 2. The number of carbonyl (C=O) groups excluding carboxylic acids is 2. The molecule has 166 valence electrons. The number of amides is 2. The summed E-state index contributed by atoms with van der Waals surface area (Å²) in [5, 5.41) is 0. The number of hydrogen-bond donors (Lipinski definition) is 0. The maximum Gasteiger partial charge on any atom is 0.414 e. The molecule has 2 heterocycles. The van der Waals surface area contributed by atoms with Crippen molar-refractivity contribution in [3.8, 4) is 0 Å². The van der Waals surface area contributed by atoms with Gasteiger partial charge < -0.3 is 19.3 Å². The number of piperazine rings is 1. The first-order valence-electron chi connectivity index (χ1n) is 11.0. The summed E-state index contributed by atoms with van der Waals surface area (Å²) in [5.74, 6) is 0. The number of anilines is 2. The van der Waals surface area contributed by atoms with Gasteiger partial charge in [-0.1, -0.05) is 24.3 Å². The molecule has 0 atom stereocenters. The lowest BCUT2D eigenvalue weighted by Crippen LogP contribution is -2.50. The van der Waals surface area contributed by atoms with Crippen molar-refractivity contribution < 1.29 is 19.1 Å². The second kappa shape index (κ2) is 8.65. The third-order valence-electron chi connectivity index (χ3n) is 5.66. The van der Waals surface area contributed by atoms with Crippen molar-refractivity contribution in [2.24, 2.45) is 0 Å². The van der Waals surface area contributed by atoms with E-state index >= 15 is 0 Å². The summed E-state index contributed by atoms with van der Waals surface area (Å²) in [4.78, 5) is 30.6. The molecule has 1 saturated heterocycles. The number of ether oxygens (including phenoxy) is 2. The summed E-state index contributed by atoms with van der Waals surface area (Å²) >= 11 is 0. The predicted molar refractivity (Wildman–Crippen MR) is 120 cm³/mol. The Hall–Kier alpha value is -2.96. The minimum atomic E-state index is -0.497. The van der Waals surface area contributed by atoms with Crippen LogP contribution in [0.4, 0.5) is 21.0 Å². The first kappa shape index (κ1) is 21.3. The van der Waals surface area contributed by atoms with E-state index in [2.05, 4.69) is 29.2 Å². The highest BCUT2D eigenvalue weighted by atomic mass is 16.6. The Bertz CT molecular complexity index is 908. The van der Waals surface area contributed by atoms with Gasteiger partial charge in [0.25, 0.3) is 0 Å². The number of hydrogen-bond acceptors (Lipinski definition) is 5. The summed E-state index contributed by atoms with van der Waals surface area (Å²) in [6.07, 6.45) is 7.89. The lowest BCUT2D eigenvalue weighted by Gasteiger charge is -2.39. The van der Waals surface area contributed by atoms with E-state index in [1.165, 1.54) is 0 Å². The Kier molecular flexibility index (Phi) is 5.94. The molecule has 3 aliphatic rings. The van der Waals surface area contributed by atoms with Gasteiger partial charge in [0.1, 0.15) is 12.2 Å². The monoisotopic (exact) mass is 425 g/mol. The Morgan fingerprint density at radius 3 is 2.52 bits per heavy atom. The van der Waals surface area contributed by atoms with Gasteiger partial charge in [0.05, 0.1) is 12.2 Å². The molecular formula is C24H31N3O4. The van der Waals surface area contributed by atoms with Gasteiger partial charge in [0.15, 0.2) is 0 Å². The molecule has 7 heteroatoms.